The summed E-state index contributed by atoms with van der Waals surface area (Å²) in [5.74, 6) is 1.65. The van der Waals surface area contributed by atoms with E-state index in [-0.39, 0.29) is 0 Å². The van der Waals surface area contributed by atoms with Gasteiger partial charge in [0.05, 0.1) is 25.4 Å². The highest BCUT2D eigenvalue weighted by atomic mass is 16.6. The van der Waals surface area contributed by atoms with Crippen molar-refractivity contribution in [2.75, 3.05) is 52.5 Å². The van der Waals surface area contributed by atoms with Gasteiger partial charge in [-0.15, -0.1) is 13.2 Å². The Kier molecular flexibility index (Phi) is 6.90. The number of epoxide rings is 2. The molecule has 4 heteroatoms. The first kappa shape index (κ1) is 18.1. The van der Waals surface area contributed by atoms with Gasteiger partial charge in [0.15, 0.2) is 0 Å². The Balaban J connectivity index is 1.44. The molecule has 4 nitrogen and oxygen atoms in total. The molecule has 0 aromatic rings. The van der Waals surface area contributed by atoms with E-state index in [4.69, 9.17) is 9.47 Å². The Bertz CT molecular complexity index is 370. The normalized spacial score (nSPS) is 32.1. The molecule has 2 saturated heterocycles. The highest BCUT2D eigenvalue weighted by Crippen LogP contribution is 2.31. The van der Waals surface area contributed by atoms with Gasteiger partial charge < -0.3 is 9.47 Å². The average molecular weight is 335 g/mol. The smallest absolute Gasteiger partial charge is 0.0936 e. The molecule has 2 heterocycles. The van der Waals surface area contributed by atoms with E-state index in [2.05, 4.69) is 23.0 Å². The SMILES string of the molecule is C=CCN(CC1CCCC(CN(CC=C)CC2CO2)C1)CC1CO1. The van der Waals surface area contributed by atoms with E-state index in [0.29, 0.717) is 12.2 Å². The average Bonchev–Trinajstić information content (AvgIpc) is 3.45. The third-order valence-electron chi connectivity index (χ3n) is 5.43. The molecular weight excluding hydrogens is 300 g/mol. The third-order valence-corrected chi connectivity index (χ3v) is 5.43. The highest BCUT2D eigenvalue weighted by Gasteiger charge is 2.30. The molecule has 0 amide bonds. The fourth-order valence-corrected chi connectivity index (χ4v) is 4.20. The van der Waals surface area contributed by atoms with Crippen molar-refractivity contribution in [2.45, 2.75) is 37.9 Å². The van der Waals surface area contributed by atoms with Gasteiger partial charge in [-0.05, 0) is 31.1 Å². The van der Waals surface area contributed by atoms with Crippen LogP contribution in [0.25, 0.3) is 0 Å². The summed E-state index contributed by atoms with van der Waals surface area (Å²) in [5.41, 5.74) is 0. The van der Waals surface area contributed by atoms with Gasteiger partial charge in [-0.3, -0.25) is 9.80 Å². The van der Waals surface area contributed by atoms with Gasteiger partial charge in [0.25, 0.3) is 0 Å². The lowest BCUT2D eigenvalue weighted by atomic mass is 9.80. The van der Waals surface area contributed by atoms with Crippen molar-refractivity contribution in [2.24, 2.45) is 11.8 Å². The van der Waals surface area contributed by atoms with Gasteiger partial charge in [-0.1, -0.05) is 18.6 Å². The van der Waals surface area contributed by atoms with Gasteiger partial charge in [0, 0.05) is 39.3 Å². The molecule has 1 aliphatic carbocycles. The zero-order valence-corrected chi connectivity index (χ0v) is 15.1. The van der Waals surface area contributed by atoms with Crippen LogP contribution in [0.15, 0.2) is 25.3 Å². The van der Waals surface area contributed by atoms with E-state index in [1.807, 2.05) is 12.2 Å². The molecule has 0 bridgehead atoms. The van der Waals surface area contributed by atoms with Crippen molar-refractivity contribution in [1.29, 1.82) is 0 Å². The minimum absolute atomic E-state index is 0.478. The van der Waals surface area contributed by atoms with Crippen LogP contribution < -0.4 is 0 Å². The van der Waals surface area contributed by atoms with Crippen LogP contribution in [-0.4, -0.2) is 74.5 Å². The van der Waals surface area contributed by atoms with Crippen molar-refractivity contribution >= 4 is 0 Å². The molecule has 136 valence electrons. The molecule has 1 saturated carbocycles. The molecule has 4 atom stereocenters. The van der Waals surface area contributed by atoms with Crippen molar-refractivity contribution in [3.8, 4) is 0 Å². The first-order valence-corrected chi connectivity index (χ1v) is 9.66. The second-order valence-electron chi connectivity index (χ2n) is 7.82. The molecule has 24 heavy (non-hydrogen) atoms. The molecule has 0 radical (unpaired) electrons. The summed E-state index contributed by atoms with van der Waals surface area (Å²) in [7, 11) is 0. The number of rotatable bonds is 12. The maximum atomic E-state index is 5.41. The van der Waals surface area contributed by atoms with E-state index in [0.717, 1.165) is 51.2 Å². The van der Waals surface area contributed by atoms with E-state index < -0.39 is 0 Å². The fourth-order valence-electron chi connectivity index (χ4n) is 4.20. The Hall–Kier alpha value is -0.680. The molecule has 4 unspecified atom stereocenters. The lowest BCUT2D eigenvalue weighted by Gasteiger charge is -2.35. The molecule has 3 rings (SSSR count). The summed E-state index contributed by atoms with van der Waals surface area (Å²) in [5, 5.41) is 0. The van der Waals surface area contributed by atoms with Crippen molar-refractivity contribution in [3.05, 3.63) is 25.3 Å². The molecule has 3 aliphatic rings. The first-order chi connectivity index (χ1) is 11.8. The predicted molar refractivity (Wildman–Crippen MR) is 98.2 cm³/mol. The van der Waals surface area contributed by atoms with Gasteiger partial charge >= 0.3 is 0 Å². The van der Waals surface area contributed by atoms with Crippen LogP contribution in [-0.2, 0) is 9.47 Å². The summed E-state index contributed by atoms with van der Waals surface area (Å²) >= 11 is 0. The molecule has 0 aromatic heterocycles. The number of ether oxygens (including phenoxy) is 2. The minimum atomic E-state index is 0.478. The molecule has 2 aliphatic heterocycles. The van der Waals surface area contributed by atoms with E-state index in [9.17, 15) is 0 Å². The molecule has 0 N–H and O–H groups in total. The van der Waals surface area contributed by atoms with Gasteiger partial charge in [0.1, 0.15) is 0 Å². The van der Waals surface area contributed by atoms with Crippen LogP contribution in [0, 0.1) is 11.8 Å². The third kappa shape index (κ3) is 6.32. The second-order valence-corrected chi connectivity index (χ2v) is 7.82. The van der Waals surface area contributed by atoms with Crippen LogP contribution in [0.2, 0.25) is 0 Å². The van der Waals surface area contributed by atoms with Crippen LogP contribution in [0.5, 0.6) is 0 Å². The van der Waals surface area contributed by atoms with E-state index >= 15 is 0 Å². The number of hydrogen-bond acceptors (Lipinski definition) is 4. The summed E-state index contributed by atoms with van der Waals surface area (Å²) < 4.78 is 10.8. The number of nitrogens with zero attached hydrogens (tertiary/aromatic N) is 2. The zero-order chi connectivity index (χ0) is 16.8. The van der Waals surface area contributed by atoms with Crippen molar-refractivity contribution in [3.63, 3.8) is 0 Å². The molecule has 3 fully saturated rings. The Morgan fingerprint density at radius 3 is 1.62 bits per heavy atom. The predicted octanol–water partition coefficient (Wildman–Crippen LogP) is 2.57. The van der Waals surface area contributed by atoms with E-state index in [1.165, 1.54) is 38.8 Å². The highest BCUT2D eigenvalue weighted by molar-refractivity contribution is 4.86. The lowest BCUT2D eigenvalue weighted by Crippen LogP contribution is -2.38. The Morgan fingerprint density at radius 1 is 0.792 bits per heavy atom. The summed E-state index contributed by atoms with van der Waals surface area (Å²) in [6, 6.07) is 0. The Labute approximate surface area is 147 Å². The van der Waals surface area contributed by atoms with Crippen LogP contribution in [0.1, 0.15) is 25.7 Å². The van der Waals surface area contributed by atoms with Crippen molar-refractivity contribution in [1.82, 2.24) is 9.80 Å². The van der Waals surface area contributed by atoms with Crippen LogP contribution in [0.3, 0.4) is 0 Å². The minimum Gasteiger partial charge on any atom is -0.372 e. The van der Waals surface area contributed by atoms with Crippen LogP contribution >= 0.6 is 0 Å². The maximum Gasteiger partial charge on any atom is 0.0936 e. The second kappa shape index (κ2) is 9.14. The fraction of sp³-hybridized carbons (Fsp3) is 0.800. The summed E-state index contributed by atoms with van der Waals surface area (Å²) in [4.78, 5) is 5.08. The first-order valence-electron chi connectivity index (χ1n) is 9.66. The van der Waals surface area contributed by atoms with Crippen LogP contribution in [0.4, 0.5) is 0 Å². The van der Waals surface area contributed by atoms with E-state index in [1.54, 1.807) is 0 Å². The topological polar surface area (TPSA) is 31.5 Å². The monoisotopic (exact) mass is 334 g/mol. The maximum absolute atomic E-state index is 5.41. The lowest BCUT2D eigenvalue weighted by molar-refractivity contribution is 0.144. The molecule has 0 spiro atoms. The zero-order valence-electron chi connectivity index (χ0n) is 15.1. The van der Waals surface area contributed by atoms with Gasteiger partial charge in [0.2, 0.25) is 0 Å². The van der Waals surface area contributed by atoms with Gasteiger partial charge in [-0.25, -0.2) is 0 Å². The summed E-state index contributed by atoms with van der Waals surface area (Å²) in [6.45, 7) is 16.3. The quantitative estimate of drug-likeness (QED) is 0.405. The summed E-state index contributed by atoms with van der Waals surface area (Å²) in [6.07, 6.45) is 10.5. The Morgan fingerprint density at radius 2 is 1.25 bits per heavy atom. The van der Waals surface area contributed by atoms with Gasteiger partial charge in [-0.2, -0.15) is 0 Å². The molecule has 0 aromatic carbocycles. The van der Waals surface area contributed by atoms with Crippen molar-refractivity contribution < 1.29 is 9.47 Å². The number of hydrogen-bond donors (Lipinski definition) is 0. The molecular formula is C20H34N2O2. The standard InChI is InChI=1S/C20H34N2O2/c1-3-8-21(13-19-15-23-19)11-17-6-5-7-18(10-17)12-22(9-4-2)14-20-16-24-20/h3-4,17-20H,1-2,5-16H2. The largest absolute Gasteiger partial charge is 0.372 e.